The molecule has 0 amide bonds. The Labute approximate surface area is 67.6 Å². The number of aliphatic hydroxyl groups is 1. The van der Waals surface area contributed by atoms with Gasteiger partial charge in [-0.3, -0.25) is 4.57 Å². The second-order valence-electron chi connectivity index (χ2n) is 3.08. The summed E-state index contributed by atoms with van der Waals surface area (Å²) in [4.78, 5) is 0. The van der Waals surface area contributed by atoms with Crippen LogP contribution in [0.25, 0.3) is 0 Å². The molecule has 66 valence electrons. The second kappa shape index (κ2) is 3.70. The van der Waals surface area contributed by atoms with Gasteiger partial charge in [0.05, 0.1) is 0 Å². The lowest BCUT2D eigenvalue weighted by Gasteiger charge is -2.30. The van der Waals surface area contributed by atoms with Crippen molar-refractivity contribution in [1.29, 1.82) is 0 Å². The average Bonchev–Trinajstić information content (AvgIpc) is 2.04. The summed E-state index contributed by atoms with van der Waals surface area (Å²) in [5.74, 6) is 0. The van der Waals surface area contributed by atoms with Gasteiger partial charge in [-0.05, 0) is 12.8 Å². The maximum absolute atomic E-state index is 11.2. The molecule has 3 nitrogen and oxygen atoms in total. The maximum atomic E-state index is 11.2. The van der Waals surface area contributed by atoms with Crippen molar-refractivity contribution >= 4 is 8.03 Å². The van der Waals surface area contributed by atoms with E-state index in [4.69, 9.17) is 0 Å². The van der Waals surface area contributed by atoms with Crippen molar-refractivity contribution in [3.63, 3.8) is 0 Å². The van der Waals surface area contributed by atoms with Crippen molar-refractivity contribution in [3.05, 3.63) is 0 Å². The third kappa shape index (κ3) is 2.05. The molecule has 1 fully saturated rings. The normalized spacial score (nSPS) is 26.4. The first-order valence-electron chi connectivity index (χ1n) is 4.00. The molecule has 1 atom stereocenters. The predicted molar refractivity (Wildman–Crippen MR) is 44.0 cm³/mol. The zero-order valence-corrected chi connectivity index (χ0v) is 7.80. The van der Waals surface area contributed by atoms with Crippen LogP contribution in [-0.2, 0) is 9.09 Å². The van der Waals surface area contributed by atoms with Crippen molar-refractivity contribution in [1.82, 2.24) is 0 Å². The number of hydrogen-bond donors (Lipinski definition) is 1. The standard InChI is InChI=1S/C7H15O3P/c1-10-11(9)7(8)5-3-2-4-6-7/h8,11H,2-6H2,1H3. The Kier molecular flexibility index (Phi) is 3.11. The Morgan fingerprint density at radius 3 is 2.36 bits per heavy atom. The topological polar surface area (TPSA) is 46.5 Å². The van der Waals surface area contributed by atoms with Gasteiger partial charge < -0.3 is 9.63 Å². The maximum Gasteiger partial charge on any atom is 0.221 e. The lowest BCUT2D eigenvalue weighted by molar-refractivity contribution is 0.0728. The molecule has 0 bridgehead atoms. The van der Waals surface area contributed by atoms with Crippen LogP contribution in [0.15, 0.2) is 0 Å². The van der Waals surface area contributed by atoms with Gasteiger partial charge in [-0.25, -0.2) is 0 Å². The summed E-state index contributed by atoms with van der Waals surface area (Å²) in [7, 11) is -0.826. The fourth-order valence-corrected chi connectivity index (χ4v) is 2.67. The van der Waals surface area contributed by atoms with E-state index in [0.717, 1.165) is 19.3 Å². The smallest absolute Gasteiger partial charge is 0.221 e. The zero-order chi connectivity index (χ0) is 8.32. The molecule has 1 saturated carbocycles. The fraction of sp³-hybridized carbons (Fsp3) is 1.00. The molecular formula is C7H15O3P. The van der Waals surface area contributed by atoms with Crippen LogP contribution in [0.4, 0.5) is 0 Å². The summed E-state index contributed by atoms with van der Waals surface area (Å²) >= 11 is 0. The molecule has 0 aromatic rings. The van der Waals surface area contributed by atoms with Gasteiger partial charge in [0, 0.05) is 7.11 Å². The van der Waals surface area contributed by atoms with E-state index in [1.165, 1.54) is 7.11 Å². The fourth-order valence-electron chi connectivity index (χ4n) is 1.53. The highest BCUT2D eigenvalue weighted by Crippen LogP contribution is 2.46. The van der Waals surface area contributed by atoms with Gasteiger partial charge in [-0.15, -0.1) is 0 Å². The van der Waals surface area contributed by atoms with Crippen LogP contribution in [-0.4, -0.2) is 17.6 Å². The quantitative estimate of drug-likeness (QED) is 0.655. The monoisotopic (exact) mass is 178 g/mol. The van der Waals surface area contributed by atoms with Crippen LogP contribution in [0, 0.1) is 0 Å². The molecule has 0 heterocycles. The van der Waals surface area contributed by atoms with E-state index >= 15 is 0 Å². The Hall–Kier alpha value is 0.150. The Morgan fingerprint density at radius 2 is 1.91 bits per heavy atom. The van der Waals surface area contributed by atoms with Crippen LogP contribution < -0.4 is 0 Å². The van der Waals surface area contributed by atoms with Gasteiger partial charge >= 0.3 is 0 Å². The molecule has 0 spiro atoms. The lowest BCUT2D eigenvalue weighted by atomic mass is 9.97. The van der Waals surface area contributed by atoms with Gasteiger partial charge in [0.2, 0.25) is 8.03 Å². The van der Waals surface area contributed by atoms with Gasteiger partial charge in [0.15, 0.2) is 0 Å². The van der Waals surface area contributed by atoms with Crippen molar-refractivity contribution < 1.29 is 14.2 Å². The minimum atomic E-state index is -2.22. The molecule has 11 heavy (non-hydrogen) atoms. The molecule has 1 aliphatic carbocycles. The van der Waals surface area contributed by atoms with E-state index in [2.05, 4.69) is 4.52 Å². The molecule has 0 aromatic heterocycles. The molecule has 0 radical (unpaired) electrons. The first-order valence-corrected chi connectivity index (χ1v) is 5.31. The van der Waals surface area contributed by atoms with Gasteiger partial charge in [-0.2, -0.15) is 0 Å². The van der Waals surface area contributed by atoms with Crippen LogP contribution >= 0.6 is 8.03 Å². The zero-order valence-electron chi connectivity index (χ0n) is 6.80. The van der Waals surface area contributed by atoms with E-state index in [0.29, 0.717) is 12.8 Å². The van der Waals surface area contributed by atoms with Crippen LogP contribution in [0.1, 0.15) is 32.1 Å². The average molecular weight is 178 g/mol. The van der Waals surface area contributed by atoms with Crippen molar-refractivity contribution in [2.24, 2.45) is 0 Å². The highest BCUT2D eigenvalue weighted by molar-refractivity contribution is 7.40. The van der Waals surface area contributed by atoms with Crippen molar-refractivity contribution in [2.75, 3.05) is 7.11 Å². The van der Waals surface area contributed by atoms with E-state index in [9.17, 15) is 9.67 Å². The van der Waals surface area contributed by atoms with Gasteiger partial charge in [0.25, 0.3) is 0 Å². The van der Waals surface area contributed by atoms with Crippen molar-refractivity contribution in [3.8, 4) is 0 Å². The summed E-state index contributed by atoms with van der Waals surface area (Å²) in [6, 6.07) is 0. The van der Waals surface area contributed by atoms with E-state index in [1.807, 2.05) is 0 Å². The third-order valence-corrected chi connectivity index (χ3v) is 3.88. The van der Waals surface area contributed by atoms with Crippen molar-refractivity contribution in [2.45, 2.75) is 37.4 Å². The highest BCUT2D eigenvalue weighted by atomic mass is 31.1. The summed E-state index contributed by atoms with van der Waals surface area (Å²) in [6.07, 6.45) is 4.35. The molecule has 1 rings (SSSR count). The number of rotatable bonds is 2. The first kappa shape index (κ1) is 9.24. The summed E-state index contributed by atoms with van der Waals surface area (Å²) in [5, 5.41) is 8.76. The van der Waals surface area contributed by atoms with Crippen LogP contribution in [0.5, 0.6) is 0 Å². The van der Waals surface area contributed by atoms with Crippen LogP contribution in [0.3, 0.4) is 0 Å². The molecule has 0 aromatic carbocycles. The molecule has 1 N–H and O–H groups in total. The van der Waals surface area contributed by atoms with Gasteiger partial charge in [-0.1, -0.05) is 19.3 Å². The third-order valence-electron chi connectivity index (χ3n) is 2.25. The molecule has 0 aliphatic heterocycles. The molecule has 1 unspecified atom stereocenters. The predicted octanol–water partition coefficient (Wildman–Crippen LogP) is 1.76. The molecular weight excluding hydrogens is 163 g/mol. The highest BCUT2D eigenvalue weighted by Gasteiger charge is 2.35. The summed E-state index contributed by atoms with van der Waals surface area (Å²) < 4.78 is 15.9. The minimum absolute atomic E-state index is 0.638. The molecule has 0 saturated heterocycles. The van der Waals surface area contributed by atoms with Crippen LogP contribution in [0.2, 0.25) is 0 Å². The SMILES string of the molecule is CO[PH](=O)C1(O)CCCCC1. The molecule has 4 heteroatoms. The molecule has 1 aliphatic rings. The lowest BCUT2D eigenvalue weighted by Crippen LogP contribution is -2.27. The Balaban J connectivity index is 2.56. The largest absolute Gasteiger partial charge is 0.380 e. The van der Waals surface area contributed by atoms with E-state index < -0.39 is 13.4 Å². The number of hydrogen-bond acceptors (Lipinski definition) is 3. The summed E-state index contributed by atoms with van der Waals surface area (Å²) in [5.41, 5.74) is 0. The summed E-state index contributed by atoms with van der Waals surface area (Å²) in [6.45, 7) is 0. The second-order valence-corrected chi connectivity index (χ2v) is 5.00. The minimum Gasteiger partial charge on any atom is -0.380 e. The van der Waals surface area contributed by atoms with Gasteiger partial charge in [0.1, 0.15) is 5.34 Å². The first-order chi connectivity index (χ1) is 5.19. The Bertz CT molecular complexity index is 152. The Morgan fingerprint density at radius 1 is 1.36 bits per heavy atom. The van der Waals surface area contributed by atoms with E-state index in [-0.39, 0.29) is 0 Å². The van der Waals surface area contributed by atoms with E-state index in [1.54, 1.807) is 0 Å².